The number of hydrogen-bond donors (Lipinski definition) is 1. The second kappa shape index (κ2) is 9.77. The van der Waals surface area contributed by atoms with Crippen molar-refractivity contribution in [3.8, 4) is 5.75 Å². The molecule has 0 radical (unpaired) electrons. The summed E-state index contributed by atoms with van der Waals surface area (Å²) in [6.45, 7) is 9.46. The molecule has 2 saturated heterocycles. The van der Waals surface area contributed by atoms with Gasteiger partial charge in [-0.25, -0.2) is 4.79 Å². The third-order valence-corrected chi connectivity index (χ3v) is 7.88. The molecule has 0 spiro atoms. The summed E-state index contributed by atoms with van der Waals surface area (Å²) in [6, 6.07) is 15.2. The molecule has 0 aliphatic carbocycles. The van der Waals surface area contributed by atoms with E-state index in [2.05, 4.69) is 44.3 Å². The number of likely N-dealkylation sites (tertiary alicyclic amines) is 1. The molecule has 5 rings (SSSR count). The Morgan fingerprint density at radius 1 is 1.19 bits per heavy atom. The minimum absolute atomic E-state index is 0.00725. The minimum Gasteiger partial charge on any atom is -0.487 e. The first-order valence-corrected chi connectivity index (χ1v) is 12.9. The molecule has 192 valence electrons. The molecule has 3 heterocycles. The van der Waals surface area contributed by atoms with Crippen molar-refractivity contribution in [3.63, 3.8) is 0 Å². The van der Waals surface area contributed by atoms with Crippen molar-refractivity contribution in [2.45, 2.75) is 71.0 Å². The average molecular weight is 493 g/mol. The molecular formula is C29H36N2O5. The summed E-state index contributed by atoms with van der Waals surface area (Å²) >= 11 is 0. The van der Waals surface area contributed by atoms with Crippen LogP contribution in [0.4, 0.5) is 4.79 Å². The van der Waals surface area contributed by atoms with Crippen LogP contribution >= 0.6 is 0 Å². The number of aryl methyl sites for hydroxylation is 1. The maximum atomic E-state index is 13.2. The molecule has 7 heteroatoms. The lowest BCUT2D eigenvalue weighted by Crippen LogP contribution is -2.57. The van der Waals surface area contributed by atoms with Crippen molar-refractivity contribution in [2.24, 2.45) is 11.8 Å². The van der Waals surface area contributed by atoms with Gasteiger partial charge in [-0.3, -0.25) is 4.79 Å². The highest BCUT2D eigenvalue weighted by atomic mass is 16.5. The predicted octanol–water partition coefficient (Wildman–Crippen LogP) is 4.78. The van der Waals surface area contributed by atoms with Crippen molar-refractivity contribution < 1.29 is 23.8 Å². The minimum atomic E-state index is -0.661. The van der Waals surface area contributed by atoms with E-state index in [0.29, 0.717) is 13.1 Å². The first-order valence-electron chi connectivity index (χ1n) is 12.9. The van der Waals surface area contributed by atoms with Gasteiger partial charge in [-0.1, -0.05) is 42.5 Å². The van der Waals surface area contributed by atoms with Crippen LogP contribution in [0.1, 0.15) is 56.4 Å². The Labute approximate surface area is 213 Å². The Bertz CT molecular complexity index is 1120. The zero-order chi connectivity index (χ0) is 25.4. The first-order chi connectivity index (χ1) is 17.2. The van der Waals surface area contributed by atoms with Crippen molar-refractivity contribution in [2.75, 3.05) is 13.1 Å². The molecule has 36 heavy (non-hydrogen) atoms. The standard InChI is InChI=1S/C29H36N2O5/c1-18-10-11-22-25(14-18)36-29(3,4)23-15-21-16-31(13-12-24(21)35-26(22)23)27(32)19(2)30-28(33)34-17-20-8-6-5-7-9-20/h5-11,14,19,21,23-24,26H,12-13,15-17H2,1-4H3,(H,30,33)/t19-,21+,23-,24-,26+/m0/s1. The molecule has 2 aromatic carbocycles. The second-order valence-electron chi connectivity index (χ2n) is 10.9. The summed E-state index contributed by atoms with van der Waals surface area (Å²) in [5.41, 5.74) is 2.85. The molecule has 0 saturated carbocycles. The van der Waals surface area contributed by atoms with E-state index in [9.17, 15) is 9.59 Å². The van der Waals surface area contributed by atoms with Crippen molar-refractivity contribution >= 4 is 12.0 Å². The number of carbonyl (C=O) groups excluding carboxylic acids is 2. The summed E-state index contributed by atoms with van der Waals surface area (Å²) in [7, 11) is 0. The van der Waals surface area contributed by atoms with Crippen LogP contribution in [-0.4, -0.2) is 47.7 Å². The molecule has 0 unspecified atom stereocenters. The molecule has 2 amide bonds. The number of rotatable bonds is 4. The van der Waals surface area contributed by atoms with Gasteiger partial charge >= 0.3 is 6.09 Å². The third kappa shape index (κ3) is 4.94. The number of alkyl carbamates (subject to hydrolysis) is 1. The number of carbonyl (C=O) groups is 2. The van der Waals surface area contributed by atoms with Gasteiger partial charge in [0.2, 0.25) is 5.91 Å². The molecule has 0 bridgehead atoms. The van der Waals surface area contributed by atoms with Crippen LogP contribution in [0.25, 0.3) is 0 Å². The summed E-state index contributed by atoms with van der Waals surface area (Å²) in [5, 5.41) is 2.69. The fourth-order valence-electron chi connectivity index (χ4n) is 5.89. The Morgan fingerprint density at radius 3 is 2.75 bits per heavy atom. The molecular weight excluding hydrogens is 456 g/mol. The monoisotopic (exact) mass is 492 g/mol. The quantitative estimate of drug-likeness (QED) is 0.665. The van der Waals surface area contributed by atoms with Gasteiger partial charge in [0.1, 0.15) is 24.0 Å². The molecule has 7 nitrogen and oxygen atoms in total. The predicted molar refractivity (Wildman–Crippen MR) is 136 cm³/mol. The zero-order valence-electron chi connectivity index (χ0n) is 21.5. The summed E-state index contributed by atoms with van der Waals surface area (Å²) in [6.07, 6.45) is 1.24. The molecule has 0 aromatic heterocycles. The number of nitrogens with zero attached hydrogens (tertiary/aromatic N) is 1. The van der Waals surface area contributed by atoms with Gasteiger partial charge < -0.3 is 24.4 Å². The zero-order valence-corrected chi connectivity index (χ0v) is 21.5. The highest BCUT2D eigenvalue weighted by Crippen LogP contribution is 2.53. The SMILES string of the molecule is Cc1ccc2c(c1)OC(C)(C)[C@H]1C[C@@H]3CN(C(=O)[C@H](C)NC(=O)OCc4ccccc4)CC[C@@H]3O[C@H]21. The van der Waals surface area contributed by atoms with E-state index in [1.165, 1.54) is 5.56 Å². The summed E-state index contributed by atoms with van der Waals surface area (Å²) < 4.78 is 18.4. The molecule has 3 aliphatic rings. The van der Waals surface area contributed by atoms with Crippen molar-refractivity contribution in [1.29, 1.82) is 0 Å². The van der Waals surface area contributed by atoms with E-state index in [1.807, 2.05) is 35.2 Å². The second-order valence-corrected chi connectivity index (χ2v) is 10.9. The number of fused-ring (bicyclic) bond motifs is 4. The number of amides is 2. The number of piperidine rings is 1. The van der Waals surface area contributed by atoms with Gasteiger partial charge in [0.25, 0.3) is 0 Å². The van der Waals surface area contributed by atoms with Crippen LogP contribution in [0.5, 0.6) is 5.75 Å². The van der Waals surface area contributed by atoms with Crippen LogP contribution < -0.4 is 10.1 Å². The number of ether oxygens (including phenoxy) is 3. The van der Waals surface area contributed by atoms with Gasteiger partial charge in [-0.2, -0.15) is 0 Å². The maximum absolute atomic E-state index is 13.2. The van der Waals surface area contributed by atoms with Gasteiger partial charge in [0, 0.05) is 30.5 Å². The molecule has 2 fully saturated rings. The molecule has 3 aliphatic heterocycles. The topological polar surface area (TPSA) is 77.1 Å². The number of nitrogens with one attached hydrogen (secondary N) is 1. The van der Waals surface area contributed by atoms with Crippen molar-refractivity contribution in [1.82, 2.24) is 10.2 Å². The van der Waals surface area contributed by atoms with E-state index in [1.54, 1.807) is 6.92 Å². The maximum Gasteiger partial charge on any atom is 0.408 e. The largest absolute Gasteiger partial charge is 0.487 e. The first kappa shape index (κ1) is 24.6. The molecule has 2 aromatic rings. The normalized spacial score (nSPS) is 26.9. The fraction of sp³-hybridized carbons (Fsp3) is 0.517. The lowest BCUT2D eigenvalue weighted by molar-refractivity contribution is -0.189. The number of benzene rings is 2. The van der Waals surface area contributed by atoms with Gasteiger partial charge in [0.05, 0.1) is 12.2 Å². The lowest BCUT2D eigenvalue weighted by Gasteiger charge is -2.53. The fourth-order valence-corrected chi connectivity index (χ4v) is 5.89. The van der Waals surface area contributed by atoms with E-state index in [4.69, 9.17) is 14.2 Å². The molecule has 5 atom stereocenters. The van der Waals surface area contributed by atoms with Crippen LogP contribution in [0, 0.1) is 18.8 Å². The van der Waals surface area contributed by atoms with E-state index < -0.39 is 12.1 Å². The Kier molecular flexibility index (Phi) is 6.68. The number of hydrogen-bond acceptors (Lipinski definition) is 5. The highest BCUT2D eigenvalue weighted by Gasteiger charge is 2.51. The summed E-state index contributed by atoms with van der Waals surface area (Å²) in [4.78, 5) is 27.3. The van der Waals surface area contributed by atoms with Gasteiger partial charge in [-0.15, -0.1) is 0 Å². The average Bonchev–Trinajstić information content (AvgIpc) is 2.86. The Balaban J connectivity index is 1.19. The van der Waals surface area contributed by atoms with E-state index in [-0.39, 0.29) is 42.2 Å². The van der Waals surface area contributed by atoms with Crippen LogP contribution in [0.3, 0.4) is 0 Å². The van der Waals surface area contributed by atoms with Crippen LogP contribution in [0.15, 0.2) is 48.5 Å². The van der Waals surface area contributed by atoms with E-state index in [0.717, 1.165) is 29.7 Å². The third-order valence-electron chi connectivity index (χ3n) is 7.88. The van der Waals surface area contributed by atoms with E-state index >= 15 is 0 Å². The highest BCUT2D eigenvalue weighted by molar-refractivity contribution is 5.85. The van der Waals surface area contributed by atoms with Gasteiger partial charge in [-0.05, 0) is 57.7 Å². The summed E-state index contributed by atoms with van der Waals surface area (Å²) in [5.74, 6) is 1.27. The van der Waals surface area contributed by atoms with Crippen LogP contribution in [0.2, 0.25) is 0 Å². The van der Waals surface area contributed by atoms with Gasteiger partial charge in [0.15, 0.2) is 0 Å². The Hall–Kier alpha value is -3.06. The molecule has 1 N–H and O–H groups in total. The lowest BCUT2D eigenvalue weighted by atomic mass is 9.70. The van der Waals surface area contributed by atoms with Crippen molar-refractivity contribution in [3.05, 3.63) is 65.2 Å². The Morgan fingerprint density at radius 2 is 1.97 bits per heavy atom. The van der Waals surface area contributed by atoms with Crippen LogP contribution in [-0.2, 0) is 20.9 Å². The smallest absolute Gasteiger partial charge is 0.408 e.